The maximum atomic E-state index is 12.2. The second-order valence-electron chi connectivity index (χ2n) is 6.03. The molecule has 1 unspecified atom stereocenters. The third kappa shape index (κ3) is 3.39. The fourth-order valence-electron chi connectivity index (χ4n) is 2.59. The van der Waals surface area contributed by atoms with E-state index >= 15 is 0 Å². The molecule has 108 valence electrons. The molecule has 0 bridgehead atoms. The van der Waals surface area contributed by atoms with Gasteiger partial charge in [-0.2, -0.15) is 0 Å². The molecule has 0 spiro atoms. The molecule has 0 saturated carbocycles. The van der Waals surface area contributed by atoms with E-state index in [1.807, 2.05) is 24.4 Å². The van der Waals surface area contributed by atoms with Gasteiger partial charge in [-0.05, 0) is 31.4 Å². The van der Waals surface area contributed by atoms with Gasteiger partial charge in [0, 0.05) is 18.1 Å². The molecule has 20 heavy (non-hydrogen) atoms. The Morgan fingerprint density at radius 3 is 2.85 bits per heavy atom. The quantitative estimate of drug-likeness (QED) is 0.785. The van der Waals surface area contributed by atoms with Crippen LogP contribution in [0.25, 0.3) is 10.9 Å². The lowest BCUT2D eigenvalue weighted by atomic mass is 9.94. The molecule has 0 aliphatic carbocycles. The predicted octanol–water partition coefficient (Wildman–Crippen LogP) is 2.69. The summed E-state index contributed by atoms with van der Waals surface area (Å²) in [7, 11) is 0. The monoisotopic (exact) mass is 274 g/mol. The molecule has 0 aliphatic rings. The summed E-state index contributed by atoms with van der Waals surface area (Å²) in [6, 6.07) is 7.53. The molecule has 2 aromatic rings. The minimum atomic E-state index is -0.881. The van der Waals surface area contributed by atoms with Gasteiger partial charge >= 0.3 is 0 Å². The predicted molar refractivity (Wildman–Crippen MR) is 80.7 cm³/mol. The number of aromatic amines is 1. The minimum absolute atomic E-state index is 0.165. The second-order valence-corrected chi connectivity index (χ2v) is 6.03. The summed E-state index contributed by atoms with van der Waals surface area (Å²) in [5, 5.41) is 14.1. The van der Waals surface area contributed by atoms with Crippen LogP contribution >= 0.6 is 0 Å². The average Bonchev–Trinajstić information content (AvgIpc) is 2.82. The molecule has 0 saturated heterocycles. The molecule has 1 atom stereocenters. The molecular weight excluding hydrogens is 252 g/mol. The highest BCUT2D eigenvalue weighted by Gasteiger charge is 2.23. The standard InChI is InChI=1S/C16H22N2O2/c1-11(2)9-16(3,20)10-18-15(19)13-6-4-5-12-7-8-17-14(12)13/h4-8,11,17,20H,9-10H2,1-3H3,(H,18,19). The Kier molecular flexibility index (Phi) is 4.14. The highest BCUT2D eigenvalue weighted by molar-refractivity contribution is 6.05. The van der Waals surface area contributed by atoms with Crippen LogP contribution in [0.5, 0.6) is 0 Å². The maximum absolute atomic E-state index is 12.2. The van der Waals surface area contributed by atoms with Gasteiger partial charge in [-0.25, -0.2) is 0 Å². The van der Waals surface area contributed by atoms with Crippen LogP contribution < -0.4 is 5.32 Å². The van der Waals surface area contributed by atoms with E-state index in [1.54, 1.807) is 13.0 Å². The molecule has 2 rings (SSSR count). The van der Waals surface area contributed by atoms with Crippen molar-refractivity contribution in [1.29, 1.82) is 0 Å². The van der Waals surface area contributed by atoms with Gasteiger partial charge in [0.2, 0.25) is 0 Å². The van der Waals surface area contributed by atoms with E-state index in [1.165, 1.54) is 0 Å². The van der Waals surface area contributed by atoms with E-state index in [0.29, 0.717) is 17.9 Å². The number of aromatic nitrogens is 1. The lowest BCUT2D eigenvalue weighted by molar-refractivity contribution is 0.0368. The van der Waals surface area contributed by atoms with Gasteiger partial charge < -0.3 is 15.4 Å². The van der Waals surface area contributed by atoms with E-state index < -0.39 is 5.60 Å². The summed E-state index contributed by atoms with van der Waals surface area (Å²) < 4.78 is 0. The molecule has 4 heteroatoms. The third-order valence-electron chi connectivity index (χ3n) is 3.31. The van der Waals surface area contributed by atoms with Crippen LogP contribution in [-0.2, 0) is 0 Å². The van der Waals surface area contributed by atoms with Crippen molar-refractivity contribution in [3.05, 3.63) is 36.0 Å². The molecule has 0 fully saturated rings. The number of para-hydroxylation sites is 1. The van der Waals surface area contributed by atoms with E-state index in [9.17, 15) is 9.90 Å². The Bertz CT molecular complexity index is 599. The van der Waals surface area contributed by atoms with Crippen molar-refractivity contribution >= 4 is 16.8 Å². The van der Waals surface area contributed by atoms with Gasteiger partial charge in [0.25, 0.3) is 5.91 Å². The van der Waals surface area contributed by atoms with Crippen molar-refractivity contribution in [3.8, 4) is 0 Å². The number of hydrogen-bond acceptors (Lipinski definition) is 2. The van der Waals surface area contributed by atoms with Gasteiger partial charge in [-0.15, -0.1) is 0 Å². The van der Waals surface area contributed by atoms with E-state index in [2.05, 4.69) is 24.1 Å². The Morgan fingerprint density at radius 2 is 2.15 bits per heavy atom. The molecular formula is C16H22N2O2. The van der Waals surface area contributed by atoms with Crippen LogP contribution in [0.4, 0.5) is 0 Å². The Morgan fingerprint density at radius 1 is 1.40 bits per heavy atom. The number of aliphatic hydroxyl groups is 1. The van der Waals surface area contributed by atoms with Crippen molar-refractivity contribution < 1.29 is 9.90 Å². The number of H-pyrrole nitrogens is 1. The number of hydrogen-bond donors (Lipinski definition) is 3. The fraction of sp³-hybridized carbons (Fsp3) is 0.438. The molecule has 0 radical (unpaired) electrons. The normalized spacial score (nSPS) is 14.4. The number of carbonyl (C=O) groups excluding carboxylic acids is 1. The molecule has 1 heterocycles. The maximum Gasteiger partial charge on any atom is 0.253 e. The third-order valence-corrected chi connectivity index (χ3v) is 3.31. The highest BCUT2D eigenvalue weighted by atomic mass is 16.3. The Balaban J connectivity index is 2.07. The van der Waals surface area contributed by atoms with Crippen LogP contribution in [0.1, 0.15) is 37.6 Å². The number of nitrogens with one attached hydrogen (secondary N) is 2. The largest absolute Gasteiger partial charge is 0.388 e. The van der Waals surface area contributed by atoms with Crippen molar-refractivity contribution in [2.24, 2.45) is 5.92 Å². The van der Waals surface area contributed by atoms with Gasteiger partial charge in [0.05, 0.1) is 16.7 Å². The summed E-state index contributed by atoms with van der Waals surface area (Å²) in [6.45, 7) is 6.11. The first-order valence-electron chi connectivity index (χ1n) is 6.96. The summed E-state index contributed by atoms with van der Waals surface area (Å²) in [6.07, 6.45) is 2.47. The first kappa shape index (κ1) is 14.6. The SMILES string of the molecule is CC(C)CC(C)(O)CNC(=O)c1cccc2cc[nH]c12. The van der Waals surface area contributed by atoms with Crippen LogP contribution in [0, 0.1) is 5.92 Å². The summed E-state index contributed by atoms with van der Waals surface area (Å²) in [5.74, 6) is 0.218. The van der Waals surface area contributed by atoms with Crippen molar-refractivity contribution in [1.82, 2.24) is 10.3 Å². The molecule has 1 aromatic carbocycles. The number of benzene rings is 1. The minimum Gasteiger partial charge on any atom is -0.388 e. The zero-order valence-electron chi connectivity index (χ0n) is 12.2. The number of amides is 1. The van der Waals surface area contributed by atoms with Crippen LogP contribution in [-0.4, -0.2) is 28.1 Å². The van der Waals surface area contributed by atoms with Gasteiger partial charge in [-0.3, -0.25) is 4.79 Å². The topological polar surface area (TPSA) is 65.1 Å². The number of rotatable bonds is 5. The Labute approximate surface area is 119 Å². The fourth-order valence-corrected chi connectivity index (χ4v) is 2.59. The molecule has 3 N–H and O–H groups in total. The van der Waals surface area contributed by atoms with Crippen molar-refractivity contribution in [3.63, 3.8) is 0 Å². The molecule has 1 amide bonds. The average molecular weight is 274 g/mol. The van der Waals surface area contributed by atoms with Crippen LogP contribution in [0.15, 0.2) is 30.5 Å². The Hall–Kier alpha value is -1.81. The van der Waals surface area contributed by atoms with E-state index in [4.69, 9.17) is 0 Å². The van der Waals surface area contributed by atoms with E-state index in [-0.39, 0.29) is 12.5 Å². The van der Waals surface area contributed by atoms with Gasteiger partial charge in [0.1, 0.15) is 0 Å². The molecule has 1 aromatic heterocycles. The van der Waals surface area contributed by atoms with Crippen LogP contribution in [0.2, 0.25) is 0 Å². The highest BCUT2D eigenvalue weighted by Crippen LogP contribution is 2.18. The van der Waals surface area contributed by atoms with Crippen molar-refractivity contribution in [2.45, 2.75) is 32.8 Å². The first-order valence-corrected chi connectivity index (χ1v) is 6.96. The zero-order chi connectivity index (χ0) is 14.8. The van der Waals surface area contributed by atoms with Gasteiger partial charge in [-0.1, -0.05) is 26.0 Å². The smallest absolute Gasteiger partial charge is 0.253 e. The zero-order valence-corrected chi connectivity index (χ0v) is 12.2. The lowest BCUT2D eigenvalue weighted by Gasteiger charge is -2.25. The second kappa shape index (κ2) is 5.67. The summed E-state index contributed by atoms with van der Waals surface area (Å²) in [5.41, 5.74) is 0.550. The lowest BCUT2D eigenvalue weighted by Crippen LogP contribution is -2.41. The first-order chi connectivity index (χ1) is 9.39. The summed E-state index contributed by atoms with van der Waals surface area (Å²) in [4.78, 5) is 15.3. The molecule has 0 aliphatic heterocycles. The van der Waals surface area contributed by atoms with Gasteiger partial charge in [0.15, 0.2) is 0 Å². The van der Waals surface area contributed by atoms with E-state index in [0.717, 1.165) is 10.9 Å². The molecule has 4 nitrogen and oxygen atoms in total. The summed E-state index contributed by atoms with van der Waals surface area (Å²) >= 11 is 0. The number of fused-ring (bicyclic) bond motifs is 1. The van der Waals surface area contributed by atoms with Crippen molar-refractivity contribution in [2.75, 3.05) is 6.54 Å². The van der Waals surface area contributed by atoms with Crippen LogP contribution in [0.3, 0.4) is 0 Å². The number of carbonyl (C=O) groups is 1.